The maximum absolute atomic E-state index is 14.4. The number of hydrogen-bond acceptors (Lipinski definition) is 4. The van der Waals surface area contributed by atoms with Crippen molar-refractivity contribution in [3.05, 3.63) is 64.0 Å². The first kappa shape index (κ1) is 15.9. The topological polar surface area (TPSA) is 61.6 Å². The summed E-state index contributed by atoms with van der Waals surface area (Å²) in [6.45, 7) is 0.188. The molecular weight excluding hydrogens is 325 g/mol. The Morgan fingerprint density at radius 2 is 1.84 bits per heavy atom. The molecule has 0 saturated heterocycles. The molecule has 2 fully saturated rings. The lowest BCUT2D eigenvalue weighted by atomic mass is 10.2. The van der Waals surface area contributed by atoms with Crippen LogP contribution < -0.4 is 9.47 Å². The van der Waals surface area contributed by atoms with Gasteiger partial charge in [0.15, 0.2) is 17.3 Å². The number of halogens is 1. The predicted molar refractivity (Wildman–Crippen MR) is 89.1 cm³/mol. The van der Waals surface area contributed by atoms with Gasteiger partial charge in [-0.2, -0.15) is 0 Å². The minimum atomic E-state index is -0.752. The van der Waals surface area contributed by atoms with Crippen molar-refractivity contribution in [3.63, 3.8) is 0 Å². The third-order valence-electron chi connectivity index (χ3n) is 4.93. The molecule has 0 aromatic heterocycles. The summed E-state index contributed by atoms with van der Waals surface area (Å²) in [7, 11) is 0. The maximum Gasteiger partial charge on any atom is 0.276 e. The van der Waals surface area contributed by atoms with E-state index in [4.69, 9.17) is 9.47 Å². The van der Waals surface area contributed by atoms with E-state index in [1.165, 1.54) is 12.5 Å². The van der Waals surface area contributed by atoms with Gasteiger partial charge in [-0.25, -0.2) is 4.39 Å². The number of non-ortho nitro benzene ring substituents is 1. The van der Waals surface area contributed by atoms with Gasteiger partial charge in [0.25, 0.3) is 5.69 Å². The number of ether oxygens (including phenoxy) is 2. The van der Waals surface area contributed by atoms with Gasteiger partial charge in [-0.15, -0.1) is 0 Å². The van der Waals surface area contributed by atoms with Crippen molar-refractivity contribution in [3.8, 4) is 11.5 Å². The summed E-state index contributed by atoms with van der Waals surface area (Å²) in [6.07, 6.45) is 3.03. The molecule has 2 aliphatic carbocycles. The molecule has 4 rings (SSSR count). The highest BCUT2D eigenvalue weighted by atomic mass is 19.1. The number of rotatable bonds is 6. The molecule has 2 saturated carbocycles. The van der Waals surface area contributed by atoms with Crippen LogP contribution in [0.3, 0.4) is 0 Å². The second-order valence-corrected chi connectivity index (χ2v) is 6.75. The first-order valence-electron chi connectivity index (χ1n) is 8.41. The molecule has 0 heterocycles. The van der Waals surface area contributed by atoms with Crippen LogP contribution in [-0.2, 0) is 6.61 Å². The highest BCUT2D eigenvalue weighted by Crippen LogP contribution is 2.53. The highest BCUT2D eigenvalue weighted by molar-refractivity contribution is 5.50. The molecule has 0 bridgehead atoms. The van der Waals surface area contributed by atoms with Gasteiger partial charge >= 0.3 is 0 Å². The molecule has 0 N–H and O–H groups in total. The fourth-order valence-electron chi connectivity index (χ4n) is 3.54. The van der Waals surface area contributed by atoms with Gasteiger partial charge in [0.05, 0.1) is 23.2 Å². The quantitative estimate of drug-likeness (QED) is 0.573. The normalized spacial score (nSPS) is 23.8. The van der Waals surface area contributed by atoms with Gasteiger partial charge in [0.2, 0.25) is 0 Å². The summed E-state index contributed by atoms with van der Waals surface area (Å²) in [4.78, 5) is 10.4. The second-order valence-electron chi connectivity index (χ2n) is 6.75. The van der Waals surface area contributed by atoms with E-state index >= 15 is 0 Å². The third-order valence-corrected chi connectivity index (χ3v) is 4.93. The van der Waals surface area contributed by atoms with Crippen LogP contribution in [0.25, 0.3) is 0 Å². The van der Waals surface area contributed by atoms with Gasteiger partial charge in [0.1, 0.15) is 6.61 Å². The number of benzene rings is 2. The smallest absolute Gasteiger partial charge is 0.276 e. The largest absolute Gasteiger partial charge is 0.485 e. The third kappa shape index (κ3) is 3.43. The van der Waals surface area contributed by atoms with Gasteiger partial charge in [0, 0.05) is 0 Å². The fourth-order valence-corrected chi connectivity index (χ4v) is 3.54. The molecule has 0 spiro atoms. The number of fused-ring (bicyclic) bond motifs is 1. The Bertz CT molecular complexity index is 786. The van der Waals surface area contributed by atoms with Crippen LogP contribution >= 0.6 is 0 Å². The molecule has 2 atom stereocenters. The summed E-state index contributed by atoms with van der Waals surface area (Å²) in [6, 6.07) is 11.5. The van der Waals surface area contributed by atoms with Crippen molar-refractivity contribution in [2.45, 2.75) is 32.0 Å². The van der Waals surface area contributed by atoms with E-state index in [1.807, 2.05) is 30.3 Å². The molecule has 0 radical (unpaired) electrons. The first-order chi connectivity index (χ1) is 12.1. The van der Waals surface area contributed by atoms with Crippen LogP contribution in [0.15, 0.2) is 42.5 Å². The van der Waals surface area contributed by atoms with E-state index < -0.39 is 10.7 Å². The molecule has 2 aromatic rings. The maximum atomic E-state index is 14.4. The average molecular weight is 343 g/mol. The Kier molecular flexibility index (Phi) is 4.03. The first-order valence-corrected chi connectivity index (χ1v) is 8.41. The van der Waals surface area contributed by atoms with Crippen molar-refractivity contribution in [2.75, 3.05) is 0 Å². The molecule has 0 amide bonds. The SMILES string of the molecule is O=[N+]([O-])c1cc(F)c(OC2CC3CC3C2)c(OCc2ccccc2)c1. The zero-order chi connectivity index (χ0) is 17.4. The Hall–Kier alpha value is -2.63. The lowest BCUT2D eigenvalue weighted by Crippen LogP contribution is -2.15. The Morgan fingerprint density at radius 3 is 2.52 bits per heavy atom. The minimum absolute atomic E-state index is 0.0205. The number of nitrogens with zero attached hydrogens (tertiary/aromatic N) is 1. The van der Waals surface area contributed by atoms with Gasteiger partial charge in [-0.05, 0) is 36.7 Å². The summed E-state index contributed by atoms with van der Waals surface area (Å²) >= 11 is 0. The second kappa shape index (κ2) is 6.35. The average Bonchev–Trinajstić information content (AvgIpc) is 3.22. The van der Waals surface area contributed by atoms with Crippen molar-refractivity contribution >= 4 is 5.69 Å². The number of nitro groups is 1. The van der Waals surface area contributed by atoms with Crippen LogP contribution in [0, 0.1) is 27.8 Å². The zero-order valence-electron chi connectivity index (χ0n) is 13.6. The summed E-state index contributed by atoms with van der Waals surface area (Å²) in [5.41, 5.74) is 0.546. The van der Waals surface area contributed by atoms with E-state index in [0.717, 1.165) is 24.5 Å². The van der Waals surface area contributed by atoms with Gasteiger partial charge in [-0.1, -0.05) is 30.3 Å². The van der Waals surface area contributed by atoms with Crippen molar-refractivity contribution < 1.29 is 18.8 Å². The van der Waals surface area contributed by atoms with Crippen LogP contribution in [0.1, 0.15) is 24.8 Å². The van der Waals surface area contributed by atoms with Gasteiger partial charge in [-0.3, -0.25) is 10.1 Å². The van der Waals surface area contributed by atoms with E-state index in [0.29, 0.717) is 11.8 Å². The molecule has 6 heteroatoms. The molecule has 2 aromatic carbocycles. The molecule has 0 aliphatic heterocycles. The predicted octanol–water partition coefficient (Wildman–Crippen LogP) is 4.49. The van der Waals surface area contributed by atoms with Crippen molar-refractivity contribution in [1.29, 1.82) is 0 Å². The van der Waals surface area contributed by atoms with Crippen LogP contribution in [0.5, 0.6) is 11.5 Å². The van der Waals surface area contributed by atoms with Crippen molar-refractivity contribution in [1.82, 2.24) is 0 Å². The number of nitro benzene ring substituents is 1. The Balaban J connectivity index is 1.57. The molecular formula is C19H18FNO4. The Morgan fingerprint density at radius 1 is 1.12 bits per heavy atom. The molecule has 2 aliphatic rings. The molecule has 130 valence electrons. The summed E-state index contributed by atoms with van der Waals surface area (Å²) in [5, 5.41) is 11.0. The van der Waals surface area contributed by atoms with Crippen LogP contribution in [-0.4, -0.2) is 11.0 Å². The minimum Gasteiger partial charge on any atom is -0.485 e. The van der Waals surface area contributed by atoms with E-state index in [1.54, 1.807) is 0 Å². The standard InChI is InChI=1S/C19H18FNO4/c20-17-9-15(21(22)23)10-18(24-11-12-4-2-1-3-5-12)19(17)25-16-7-13-6-14(13)8-16/h1-5,9-10,13-14,16H,6-8,11H2. The Labute approximate surface area is 144 Å². The van der Waals surface area contributed by atoms with Crippen LogP contribution in [0.2, 0.25) is 0 Å². The monoisotopic (exact) mass is 343 g/mol. The van der Waals surface area contributed by atoms with Gasteiger partial charge < -0.3 is 9.47 Å². The highest BCUT2D eigenvalue weighted by Gasteiger charge is 2.47. The number of hydrogen-bond donors (Lipinski definition) is 0. The molecule has 5 nitrogen and oxygen atoms in total. The lowest BCUT2D eigenvalue weighted by Gasteiger charge is -2.18. The van der Waals surface area contributed by atoms with Crippen molar-refractivity contribution in [2.24, 2.45) is 11.8 Å². The summed E-state index contributed by atoms with van der Waals surface area (Å²) < 4.78 is 26.0. The summed E-state index contributed by atoms with van der Waals surface area (Å²) in [5.74, 6) is 0.696. The van der Waals surface area contributed by atoms with E-state index in [9.17, 15) is 14.5 Å². The molecule has 2 unspecified atom stereocenters. The van der Waals surface area contributed by atoms with E-state index in [2.05, 4.69) is 0 Å². The van der Waals surface area contributed by atoms with E-state index in [-0.39, 0.29) is 29.9 Å². The zero-order valence-corrected chi connectivity index (χ0v) is 13.6. The molecule has 25 heavy (non-hydrogen) atoms. The fraction of sp³-hybridized carbons (Fsp3) is 0.368. The lowest BCUT2D eigenvalue weighted by molar-refractivity contribution is -0.385. The van der Waals surface area contributed by atoms with Crippen LogP contribution in [0.4, 0.5) is 10.1 Å².